The van der Waals surface area contributed by atoms with Crippen LogP contribution in [-0.4, -0.2) is 30.3 Å². The molecule has 0 saturated carbocycles. The minimum Gasteiger partial charge on any atom is -0.398 e. The van der Waals surface area contributed by atoms with Gasteiger partial charge in [-0.25, -0.2) is 8.42 Å². The van der Waals surface area contributed by atoms with Crippen LogP contribution in [0.25, 0.3) is 10.9 Å². The van der Waals surface area contributed by atoms with Crippen molar-refractivity contribution in [2.75, 3.05) is 12.3 Å². The first-order chi connectivity index (χ1) is 9.89. The minimum absolute atomic E-state index is 0.105. The molecule has 0 radical (unpaired) electrons. The number of hydrogen-bond acceptors (Lipinski definition) is 4. The van der Waals surface area contributed by atoms with E-state index in [-0.39, 0.29) is 10.9 Å². The molecular weight excluding hydrogens is 286 g/mol. The maximum Gasteiger partial charge on any atom is 0.245 e. The number of fused-ring (bicyclic) bond motifs is 1. The third kappa shape index (κ3) is 2.87. The van der Waals surface area contributed by atoms with Gasteiger partial charge in [-0.15, -0.1) is 0 Å². The van der Waals surface area contributed by atoms with Gasteiger partial charge < -0.3 is 5.73 Å². The van der Waals surface area contributed by atoms with Crippen molar-refractivity contribution in [2.24, 2.45) is 0 Å². The Hall–Kier alpha value is -1.66. The predicted molar refractivity (Wildman–Crippen MR) is 85.5 cm³/mol. The van der Waals surface area contributed by atoms with Crippen LogP contribution in [0, 0.1) is 0 Å². The maximum atomic E-state index is 12.9. The first kappa shape index (κ1) is 15.7. The van der Waals surface area contributed by atoms with Crippen LogP contribution in [0.1, 0.15) is 27.2 Å². The third-order valence-corrected chi connectivity index (χ3v) is 5.48. The predicted octanol–water partition coefficient (Wildman–Crippen LogP) is 2.63. The Morgan fingerprint density at radius 2 is 2.00 bits per heavy atom. The summed E-state index contributed by atoms with van der Waals surface area (Å²) >= 11 is 0. The summed E-state index contributed by atoms with van der Waals surface area (Å²) in [5, 5.41) is 0.666. The summed E-state index contributed by atoms with van der Waals surface area (Å²) in [5.74, 6) is 0. The normalized spacial score (nSPS) is 12.4. The molecular formula is C15H21N3O2S. The number of nitrogens with two attached hydrogens (primary N) is 1. The van der Waals surface area contributed by atoms with E-state index in [1.807, 2.05) is 20.8 Å². The quantitative estimate of drug-likeness (QED) is 0.862. The molecule has 0 saturated heterocycles. The average Bonchev–Trinajstić information content (AvgIpc) is 2.44. The Balaban J connectivity index is 2.68. The highest BCUT2D eigenvalue weighted by atomic mass is 32.2. The van der Waals surface area contributed by atoms with Gasteiger partial charge >= 0.3 is 0 Å². The smallest absolute Gasteiger partial charge is 0.245 e. The lowest BCUT2D eigenvalue weighted by Crippen LogP contribution is -2.37. The van der Waals surface area contributed by atoms with Gasteiger partial charge in [-0.2, -0.15) is 4.31 Å². The third-order valence-electron chi connectivity index (χ3n) is 3.37. The highest BCUT2D eigenvalue weighted by Gasteiger charge is 2.28. The van der Waals surface area contributed by atoms with Gasteiger partial charge in [-0.05, 0) is 44.5 Å². The van der Waals surface area contributed by atoms with Gasteiger partial charge in [-0.3, -0.25) is 4.98 Å². The molecule has 2 rings (SSSR count). The van der Waals surface area contributed by atoms with Crippen molar-refractivity contribution in [1.82, 2.24) is 9.29 Å². The summed E-state index contributed by atoms with van der Waals surface area (Å²) in [7, 11) is -3.59. The molecule has 2 aromatic rings. The van der Waals surface area contributed by atoms with Gasteiger partial charge in [0.05, 0.1) is 5.52 Å². The van der Waals surface area contributed by atoms with Gasteiger partial charge in [0.1, 0.15) is 4.90 Å². The lowest BCUT2D eigenvalue weighted by atomic mass is 10.2. The molecule has 1 aromatic carbocycles. The van der Waals surface area contributed by atoms with Gasteiger partial charge in [0.25, 0.3) is 0 Å². The van der Waals surface area contributed by atoms with E-state index in [9.17, 15) is 8.42 Å². The summed E-state index contributed by atoms with van der Waals surface area (Å²) < 4.78 is 27.4. The van der Waals surface area contributed by atoms with E-state index < -0.39 is 10.0 Å². The summed E-state index contributed by atoms with van der Waals surface area (Å²) in [6.45, 7) is 6.20. The number of nitrogens with zero attached hydrogens (tertiary/aromatic N) is 2. The van der Waals surface area contributed by atoms with Crippen molar-refractivity contribution in [1.29, 1.82) is 0 Å². The minimum atomic E-state index is -3.59. The number of benzene rings is 1. The zero-order valence-electron chi connectivity index (χ0n) is 12.6. The number of nitrogen functional groups attached to an aromatic ring is 1. The van der Waals surface area contributed by atoms with Gasteiger partial charge in [0.2, 0.25) is 10.0 Å². The first-order valence-electron chi connectivity index (χ1n) is 7.04. The second-order valence-corrected chi connectivity index (χ2v) is 7.12. The van der Waals surface area contributed by atoms with Crippen LogP contribution in [-0.2, 0) is 10.0 Å². The number of aromatic nitrogens is 1. The Morgan fingerprint density at radius 3 is 2.62 bits per heavy atom. The van der Waals surface area contributed by atoms with Crippen LogP contribution in [0.3, 0.4) is 0 Å². The van der Waals surface area contributed by atoms with Crippen molar-refractivity contribution in [3.63, 3.8) is 0 Å². The van der Waals surface area contributed by atoms with Crippen molar-refractivity contribution in [2.45, 2.75) is 38.1 Å². The molecule has 0 amide bonds. The molecule has 2 N–H and O–H groups in total. The number of hydrogen-bond donors (Lipinski definition) is 1. The Morgan fingerprint density at radius 1 is 1.29 bits per heavy atom. The first-order valence-corrected chi connectivity index (χ1v) is 8.48. The molecule has 1 heterocycles. The monoisotopic (exact) mass is 307 g/mol. The molecule has 0 aliphatic heterocycles. The summed E-state index contributed by atoms with van der Waals surface area (Å²) in [5.41, 5.74) is 6.88. The fraction of sp³-hybridized carbons (Fsp3) is 0.400. The molecule has 0 unspecified atom stereocenters. The summed E-state index contributed by atoms with van der Waals surface area (Å²) in [6.07, 6.45) is 2.35. The van der Waals surface area contributed by atoms with E-state index in [0.717, 1.165) is 6.42 Å². The highest BCUT2D eigenvalue weighted by molar-refractivity contribution is 7.89. The summed E-state index contributed by atoms with van der Waals surface area (Å²) in [4.78, 5) is 4.44. The fourth-order valence-corrected chi connectivity index (χ4v) is 4.26. The van der Waals surface area contributed by atoms with E-state index in [2.05, 4.69) is 4.98 Å². The SMILES string of the molecule is CCCN(C(C)C)S(=O)(=O)c1ccc(N)c2cccnc12. The zero-order valence-corrected chi connectivity index (χ0v) is 13.4. The number of rotatable bonds is 5. The zero-order chi connectivity index (χ0) is 15.6. The number of sulfonamides is 1. The lowest BCUT2D eigenvalue weighted by molar-refractivity contribution is 0.354. The topological polar surface area (TPSA) is 76.3 Å². The van der Waals surface area contributed by atoms with E-state index in [1.54, 1.807) is 30.5 Å². The molecule has 1 aromatic heterocycles. The average molecular weight is 307 g/mol. The van der Waals surface area contributed by atoms with E-state index in [4.69, 9.17) is 5.73 Å². The molecule has 0 bridgehead atoms. The highest BCUT2D eigenvalue weighted by Crippen LogP contribution is 2.28. The van der Waals surface area contributed by atoms with Gasteiger partial charge in [0.15, 0.2) is 0 Å². The van der Waals surface area contributed by atoms with Gasteiger partial charge in [-0.1, -0.05) is 6.92 Å². The van der Waals surface area contributed by atoms with E-state index >= 15 is 0 Å². The molecule has 0 aliphatic rings. The summed E-state index contributed by atoms with van der Waals surface area (Å²) in [6, 6.07) is 6.61. The van der Waals surface area contributed by atoms with Crippen molar-refractivity contribution in [3.8, 4) is 0 Å². The largest absolute Gasteiger partial charge is 0.398 e. The fourth-order valence-electron chi connectivity index (χ4n) is 2.38. The molecule has 5 nitrogen and oxygen atoms in total. The molecule has 0 atom stereocenters. The molecule has 0 aliphatic carbocycles. The molecule has 0 fully saturated rings. The van der Waals surface area contributed by atoms with E-state index in [0.29, 0.717) is 23.1 Å². The number of pyridine rings is 1. The second-order valence-electron chi connectivity index (χ2n) is 5.26. The molecule has 114 valence electrons. The van der Waals surface area contributed by atoms with Crippen molar-refractivity contribution < 1.29 is 8.42 Å². The Bertz CT molecular complexity index is 742. The molecule has 21 heavy (non-hydrogen) atoms. The van der Waals surface area contributed by atoms with Gasteiger partial charge in [0, 0.05) is 29.9 Å². The van der Waals surface area contributed by atoms with Crippen molar-refractivity contribution in [3.05, 3.63) is 30.5 Å². The van der Waals surface area contributed by atoms with E-state index in [1.165, 1.54) is 4.31 Å². The number of anilines is 1. The standard InChI is InChI=1S/C15H21N3O2S/c1-4-10-18(11(2)3)21(19,20)14-8-7-13(16)12-6-5-9-17-15(12)14/h5-9,11H,4,10,16H2,1-3H3. The lowest BCUT2D eigenvalue weighted by Gasteiger charge is -2.26. The van der Waals surface area contributed by atoms with Crippen LogP contribution in [0.15, 0.2) is 35.4 Å². The van der Waals surface area contributed by atoms with Crippen LogP contribution in [0.5, 0.6) is 0 Å². The Kier molecular flexibility index (Phi) is 4.49. The van der Waals surface area contributed by atoms with Crippen LogP contribution in [0.4, 0.5) is 5.69 Å². The van der Waals surface area contributed by atoms with Crippen LogP contribution in [0.2, 0.25) is 0 Å². The van der Waals surface area contributed by atoms with Crippen LogP contribution < -0.4 is 5.73 Å². The van der Waals surface area contributed by atoms with Crippen LogP contribution >= 0.6 is 0 Å². The maximum absolute atomic E-state index is 12.9. The van der Waals surface area contributed by atoms with Crippen molar-refractivity contribution >= 4 is 26.6 Å². The Labute approximate surface area is 125 Å². The second kappa shape index (κ2) is 5.99. The molecule has 6 heteroatoms. The molecule has 0 spiro atoms.